The van der Waals surface area contributed by atoms with Gasteiger partial charge in [0.15, 0.2) is 0 Å². The lowest BCUT2D eigenvalue weighted by Crippen LogP contribution is -2.41. The maximum atomic E-state index is 11.8. The fourth-order valence-electron chi connectivity index (χ4n) is 2.01. The van der Waals surface area contributed by atoms with Crippen LogP contribution in [0.5, 0.6) is 0 Å². The van der Waals surface area contributed by atoms with E-state index >= 15 is 0 Å². The van der Waals surface area contributed by atoms with Crippen molar-refractivity contribution in [2.45, 2.75) is 45.6 Å². The largest absolute Gasteiger partial charge is 0.347 e. The summed E-state index contributed by atoms with van der Waals surface area (Å²) in [5.74, 6) is -0.0273. The number of likely N-dealkylation sites (N-methyl/N-ethyl adjacent to an activating group) is 1. The number of nitrogens with two attached hydrogens (primary N) is 1. The molecule has 1 unspecified atom stereocenters. The van der Waals surface area contributed by atoms with Crippen LogP contribution in [0, 0.1) is 6.92 Å². The molecule has 0 saturated carbocycles. The first-order valence-corrected chi connectivity index (χ1v) is 6.69. The third-order valence-electron chi connectivity index (χ3n) is 3.41. The summed E-state index contributed by atoms with van der Waals surface area (Å²) in [6, 6.07) is 5.97. The molecule has 3 heteroatoms. The summed E-state index contributed by atoms with van der Waals surface area (Å²) < 4.78 is 0. The maximum absolute atomic E-state index is 11.8. The summed E-state index contributed by atoms with van der Waals surface area (Å²) in [6.45, 7) is 8.62. The SMILES string of the molecule is Cc1ccc(C(C)(C)C)cc1CC(N)C(=O)N(C)C. The van der Waals surface area contributed by atoms with Gasteiger partial charge >= 0.3 is 0 Å². The molecule has 0 radical (unpaired) electrons. The highest BCUT2D eigenvalue weighted by atomic mass is 16.2. The van der Waals surface area contributed by atoms with Gasteiger partial charge in [0.05, 0.1) is 6.04 Å². The lowest BCUT2D eigenvalue weighted by molar-refractivity contribution is -0.130. The second-order valence-corrected chi connectivity index (χ2v) is 6.43. The Morgan fingerprint density at radius 3 is 2.37 bits per heavy atom. The molecular formula is C16H26N2O. The first-order chi connectivity index (χ1) is 8.62. The van der Waals surface area contributed by atoms with Crippen LogP contribution < -0.4 is 5.73 Å². The minimum absolute atomic E-state index is 0.0273. The Morgan fingerprint density at radius 1 is 1.32 bits per heavy atom. The van der Waals surface area contributed by atoms with Crippen molar-refractivity contribution in [3.63, 3.8) is 0 Å². The van der Waals surface area contributed by atoms with E-state index in [1.807, 2.05) is 0 Å². The molecule has 19 heavy (non-hydrogen) atoms. The Labute approximate surface area is 116 Å². The van der Waals surface area contributed by atoms with E-state index in [1.54, 1.807) is 19.0 Å². The van der Waals surface area contributed by atoms with E-state index in [1.165, 1.54) is 11.1 Å². The van der Waals surface area contributed by atoms with Gasteiger partial charge in [-0.25, -0.2) is 0 Å². The van der Waals surface area contributed by atoms with E-state index in [0.29, 0.717) is 6.42 Å². The van der Waals surface area contributed by atoms with Crippen molar-refractivity contribution in [2.75, 3.05) is 14.1 Å². The molecule has 0 fully saturated rings. The van der Waals surface area contributed by atoms with E-state index in [4.69, 9.17) is 5.73 Å². The van der Waals surface area contributed by atoms with Gasteiger partial charge in [0.2, 0.25) is 5.91 Å². The number of hydrogen-bond acceptors (Lipinski definition) is 2. The molecule has 1 aromatic rings. The molecule has 1 atom stereocenters. The van der Waals surface area contributed by atoms with Crippen LogP contribution in [0.15, 0.2) is 18.2 Å². The number of amides is 1. The van der Waals surface area contributed by atoms with Gasteiger partial charge in [-0.3, -0.25) is 4.79 Å². The number of carbonyl (C=O) groups excluding carboxylic acids is 1. The van der Waals surface area contributed by atoms with Gasteiger partial charge in [-0.05, 0) is 35.4 Å². The Bertz CT molecular complexity index is 458. The molecule has 106 valence electrons. The van der Waals surface area contributed by atoms with Crippen molar-refractivity contribution in [1.29, 1.82) is 0 Å². The van der Waals surface area contributed by atoms with E-state index in [-0.39, 0.29) is 11.3 Å². The summed E-state index contributed by atoms with van der Waals surface area (Å²) >= 11 is 0. The first kappa shape index (κ1) is 15.7. The van der Waals surface area contributed by atoms with Crippen LogP contribution in [0.3, 0.4) is 0 Å². The second kappa shape index (κ2) is 5.74. The predicted molar refractivity (Wildman–Crippen MR) is 80.3 cm³/mol. The summed E-state index contributed by atoms with van der Waals surface area (Å²) in [7, 11) is 3.47. The van der Waals surface area contributed by atoms with Crippen molar-refractivity contribution in [3.8, 4) is 0 Å². The monoisotopic (exact) mass is 262 g/mol. The first-order valence-electron chi connectivity index (χ1n) is 6.69. The van der Waals surface area contributed by atoms with Crippen LogP contribution in [-0.2, 0) is 16.6 Å². The second-order valence-electron chi connectivity index (χ2n) is 6.43. The van der Waals surface area contributed by atoms with Gasteiger partial charge in [-0.2, -0.15) is 0 Å². The summed E-state index contributed by atoms with van der Waals surface area (Å²) in [6.07, 6.45) is 0.590. The zero-order valence-electron chi connectivity index (χ0n) is 12.9. The molecule has 0 saturated heterocycles. The van der Waals surface area contributed by atoms with Gasteiger partial charge in [-0.1, -0.05) is 39.0 Å². The average molecular weight is 262 g/mol. The van der Waals surface area contributed by atoms with Crippen molar-refractivity contribution in [2.24, 2.45) is 5.73 Å². The summed E-state index contributed by atoms with van der Waals surface area (Å²) in [4.78, 5) is 13.4. The van der Waals surface area contributed by atoms with Crippen LogP contribution >= 0.6 is 0 Å². The molecule has 0 aliphatic rings. The molecule has 3 nitrogen and oxygen atoms in total. The summed E-state index contributed by atoms with van der Waals surface area (Å²) in [5, 5.41) is 0. The van der Waals surface area contributed by atoms with Gasteiger partial charge in [0.25, 0.3) is 0 Å². The van der Waals surface area contributed by atoms with Crippen LogP contribution in [0.25, 0.3) is 0 Å². The van der Waals surface area contributed by atoms with Gasteiger partial charge in [-0.15, -0.1) is 0 Å². The molecule has 0 aliphatic carbocycles. The lowest BCUT2D eigenvalue weighted by Gasteiger charge is -2.22. The van der Waals surface area contributed by atoms with Crippen LogP contribution in [0.2, 0.25) is 0 Å². The molecule has 0 spiro atoms. The van der Waals surface area contributed by atoms with Crippen LogP contribution in [-0.4, -0.2) is 30.9 Å². The van der Waals surface area contributed by atoms with Crippen molar-refractivity contribution in [1.82, 2.24) is 4.90 Å². The number of hydrogen-bond donors (Lipinski definition) is 1. The predicted octanol–water partition coefficient (Wildman–Crippen LogP) is 2.25. The Hall–Kier alpha value is -1.35. The highest BCUT2D eigenvalue weighted by Crippen LogP contribution is 2.25. The van der Waals surface area contributed by atoms with Crippen molar-refractivity contribution >= 4 is 5.91 Å². The Morgan fingerprint density at radius 2 is 1.89 bits per heavy atom. The number of rotatable bonds is 3. The highest BCUT2D eigenvalue weighted by molar-refractivity contribution is 5.81. The third kappa shape index (κ3) is 4.06. The fourth-order valence-corrected chi connectivity index (χ4v) is 2.01. The number of benzene rings is 1. The maximum Gasteiger partial charge on any atom is 0.239 e. The van der Waals surface area contributed by atoms with Crippen molar-refractivity contribution < 1.29 is 4.79 Å². The molecular weight excluding hydrogens is 236 g/mol. The van der Waals surface area contributed by atoms with Crippen LogP contribution in [0.1, 0.15) is 37.5 Å². The molecule has 1 rings (SSSR count). The van der Waals surface area contributed by atoms with Crippen LogP contribution in [0.4, 0.5) is 0 Å². The van der Waals surface area contributed by atoms with E-state index in [2.05, 4.69) is 45.9 Å². The molecule has 1 amide bonds. The smallest absolute Gasteiger partial charge is 0.239 e. The molecule has 2 N–H and O–H groups in total. The Balaban J connectivity index is 2.98. The minimum Gasteiger partial charge on any atom is -0.347 e. The van der Waals surface area contributed by atoms with E-state index in [9.17, 15) is 4.79 Å². The molecule has 0 bridgehead atoms. The van der Waals surface area contributed by atoms with Gasteiger partial charge < -0.3 is 10.6 Å². The number of aryl methyl sites for hydroxylation is 1. The standard InChI is InChI=1S/C16H26N2O/c1-11-7-8-13(16(2,3)4)9-12(11)10-14(17)15(19)18(5)6/h7-9,14H,10,17H2,1-6H3. The third-order valence-corrected chi connectivity index (χ3v) is 3.41. The quantitative estimate of drug-likeness (QED) is 0.908. The van der Waals surface area contributed by atoms with Crippen molar-refractivity contribution in [3.05, 3.63) is 34.9 Å². The van der Waals surface area contributed by atoms with Gasteiger partial charge in [0.1, 0.15) is 0 Å². The molecule has 0 aromatic heterocycles. The topological polar surface area (TPSA) is 46.3 Å². The fraction of sp³-hybridized carbons (Fsp3) is 0.562. The van der Waals surface area contributed by atoms with E-state index in [0.717, 1.165) is 5.56 Å². The summed E-state index contributed by atoms with van der Waals surface area (Å²) in [5.41, 5.74) is 9.72. The molecule has 0 aliphatic heterocycles. The van der Waals surface area contributed by atoms with Gasteiger partial charge in [0, 0.05) is 14.1 Å². The normalized spacial score (nSPS) is 13.2. The number of carbonyl (C=O) groups is 1. The zero-order valence-corrected chi connectivity index (χ0v) is 12.9. The Kier molecular flexibility index (Phi) is 4.75. The zero-order chi connectivity index (χ0) is 14.8. The lowest BCUT2D eigenvalue weighted by atomic mass is 9.84. The number of nitrogens with zero attached hydrogens (tertiary/aromatic N) is 1. The molecule has 1 aromatic carbocycles. The average Bonchev–Trinajstić information content (AvgIpc) is 2.29. The minimum atomic E-state index is -0.469. The van der Waals surface area contributed by atoms with E-state index < -0.39 is 6.04 Å². The molecule has 0 heterocycles. The highest BCUT2D eigenvalue weighted by Gasteiger charge is 2.19.